The highest BCUT2D eigenvalue weighted by atomic mass is 16.2. The Balaban J connectivity index is 2.48. The number of hydrogen-bond acceptors (Lipinski definition) is 2. The van der Waals surface area contributed by atoms with Crippen molar-refractivity contribution in [1.29, 1.82) is 0 Å². The van der Waals surface area contributed by atoms with Crippen LogP contribution in [-0.2, 0) is 9.59 Å². The molecule has 5 heteroatoms. The van der Waals surface area contributed by atoms with Crippen molar-refractivity contribution in [3.63, 3.8) is 0 Å². The van der Waals surface area contributed by atoms with Crippen molar-refractivity contribution in [3.05, 3.63) is 29.8 Å². The highest BCUT2D eigenvalue weighted by molar-refractivity contribution is 5.92. The van der Waals surface area contributed by atoms with Crippen molar-refractivity contribution in [2.24, 2.45) is 5.92 Å². The van der Waals surface area contributed by atoms with Crippen LogP contribution in [0.3, 0.4) is 0 Å². The molecule has 0 fully saturated rings. The van der Waals surface area contributed by atoms with Crippen LogP contribution < -0.4 is 15.5 Å². The molecule has 134 valence electrons. The minimum Gasteiger partial charge on any atom is -0.351 e. The Morgan fingerprint density at radius 2 is 1.79 bits per heavy atom. The van der Waals surface area contributed by atoms with Crippen LogP contribution >= 0.6 is 0 Å². The zero-order valence-electron chi connectivity index (χ0n) is 15.4. The molecule has 0 aliphatic rings. The molecular weight excluding hydrogens is 302 g/mol. The molecule has 0 bridgehead atoms. The Morgan fingerprint density at radius 1 is 1.12 bits per heavy atom. The van der Waals surface area contributed by atoms with Gasteiger partial charge in [0.2, 0.25) is 0 Å². The number of anilines is 1. The quantitative estimate of drug-likeness (QED) is 0.605. The van der Waals surface area contributed by atoms with Gasteiger partial charge in [0.15, 0.2) is 13.1 Å². The standard InChI is InChI=1S/C19H31N3O2/c1-5-12-22(13-18(23)20-11-10-15(2)3)14-19(24)21-17-9-7-6-8-16(17)4/h6-9,15H,5,10-14H2,1-4H3,(H,20,23)(H,21,24)/p+1. The first-order chi connectivity index (χ1) is 11.4. The van der Waals surface area contributed by atoms with Crippen LogP contribution in [0.1, 0.15) is 39.2 Å². The van der Waals surface area contributed by atoms with Gasteiger partial charge < -0.3 is 15.5 Å². The van der Waals surface area contributed by atoms with E-state index in [9.17, 15) is 9.59 Å². The monoisotopic (exact) mass is 334 g/mol. The second-order valence-corrected chi connectivity index (χ2v) is 6.75. The predicted molar refractivity (Wildman–Crippen MR) is 98.1 cm³/mol. The second kappa shape index (κ2) is 10.8. The summed E-state index contributed by atoms with van der Waals surface area (Å²) in [5, 5.41) is 5.88. The summed E-state index contributed by atoms with van der Waals surface area (Å²) in [5.41, 5.74) is 1.87. The molecule has 0 aliphatic carbocycles. The lowest BCUT2D eigenvalue weighted by molar-refractivity contribution is -0.883. The second-order valence-electron chi connectivity index (χ2n) is 6.75. The van der Waals surface area contributed by atoms with Crippen molar-refractivity contribution in [1.82, 2.24) is 5.32 Å². The molecule has 0 radical (unpaired) electrons. The fourth-order valence-electron chi connectivity index (χ4n) is 2.52. The number of amides is 2. The lowest BCUT2D eigenvalue weighted by atomic mass is 10.1. The van der Waals surface area contributed by atoms with Crippen LogP contribution in [0.5, 0.6) is 0 Å². The van der Waals surface area contributed by atoms with Gasteiger partial charge in [-0.2, -0.15) is 0 Å². The first kappa shape index (κ1) is 20.2. The van der Waals surface area contributed by atoms with Crippen molar-refractivity contribution < 1.29 is 14.5 Å². The Hall–Kier alpha value is -1.88. The molecule has 1 rings (SSSR count). The maximum atomic E-state index is 12.3. The highest BCUT2D eigenvalue weighted by Crippen LogP contribution is 2.12. The Morgan fingerprint density at radius 3 is 2.42 bits per heavy atom. The van der Waals surface area contributed by atoms with E-state index < -0.39 is 0 Å². The van der Waals surface area contributed by atoms with Crippen LogP contribution in [0.4, 0.5) is 5.69 Å². The van der Waals surface area contributed by atoms with Gasteiger partial charge in [-0.3, -0.25) is 9.59 Å². The van der Waals surface area contributed by atoms with Crippen molar-refractivity contribution in [2.75, 3.05) is 31.5 Å². The van der Waals surface area contributed by atoms with E-state index >= 15 is 0 Å². The van der Waals surface area contributed by atoms with E-state index in [1.54, 1.807) is 0 Å². The van der Waals surface area contributed by atoms with Crippen molar-refractivity contribution in [3.8, 4) is 0 Å². The zero-order valence-corrected chi connectivity index (χ0v) is 15.4. The van der Waals surface area contributed by atoms with Gasteiger partial charge in [-0.05, 0) is 37.3 Å². The summed E-state index contributed by atoms with van der Waals surface area (Å²) in [5.74, 6) is 0.537. The van der Waals surface area contributed by atoms with Gasteiger partial charge in [-0.25, -0.2) is 0 Å². The van der Waals surface area contributed by atoms with Gasteiger partial charge in [-0.1, -0.05) is 39.0 Å². The van der Waals surface area contributed by atoms with E-state index in [-0.39, 0.29) is 11.8 Å². The molecule has 5 nitrogen and oxygen atoms in total. The summed E-state index contributed by atoms with van der Waals surface area (Å²) in [7, 11) is 0. The molecule has 0 spiro atoms. The molecule has 0 heterocycles. The van der Waals surface area contributed by atoms with E-state index in [1.807, 2.05) is 31.2 Å². The summed E-state index contributed by atoms with van der Waals surface area (Å²) in [6.45, 7) is 10.5. The molecule has 0 aromatic heterocycles. The molecule has 3 N–H and O–H groups in total. The fraction of sp³-hybridized carbons (Fsp3) is 0.579. The average molecular weight is 334 g/mol. The molecule has 2 amide bonds. The van der Waals surface area contributed by atoms with Gasteiger partial charge in [0.05, 0.1) is 6.54 Å². The summed E-state index contributed by atoms with van der Waals surface area (Å²) in [6.07, 6.45) is 1.91. The van der Waals surface area contributed by atoms with E-state index in [2.05, 4.69) is 31.4 Å². The number of para-hydroxylation sites is 1. The first-order valence-corrected chi connectivity index (χ1v) is 8.88. The van der Waals surface area contributed by atoms with Crippen molar-refractivity contribution in [2.45, 2.75) is 40.5 Å². The van der Waals surface area contributed by atoms with Gasteiger partial charge >= 0.3 is 0 Å². The van der Waals surface area contributed by atoms with E-state index in [0.29, 0.717) is 25.6 Å². The molecule has 0 aliphatic heterocycles. The third-order valence-corrected chi connectivity index (χ3v) is 3.89. The number of carbonyl (C=O) groups is 2. The van der Waals surface area contributed by atoms with E-state index in [1.165, 1.54) is 0 Å². The van der Waals surface area contributed by atoms with Gasteiger partial charge in [0.1, 0.15) is 0 Å². The summed E-state index contributed by atoms with van der Waals surface area (Å²) in [6, 6.07) is 7.71. The largest absolute Gasteiger partial charge is 0.351 e. The smallest absolute Gasteiger partial charge is 0.279 e. The fourth-order valence-corrected chi connectivity index (χ4v) is 2.52. The predicted octanol–water partition coefficient (Wildman–Crippen LogP) is 1.39. The number of carbonyl (C=O) groups excluding carboxylic acids is 2. The Labute approximate surface area is 145 Å². The normalized spacial score (nSPS) is 12.0. The molecule has 1 atom stereocenters. The number of aryl methyl sites for hydroxylation is 1. The molecule has 1 unspecified atom stereocenters. The van der Waals surface area contributed by atoms with E-state index in [4.69, 9.17) is 0 Å². The molecule has 24 heavy (non-hydrogen) atoms. The van der Waals surface area contributed by atoms with Gasteiger partial charge in [0.25, 0.3) is 11.8 Å². The number of nitrogens with one attached hydrogen (secondary N) is 3. The lowest BCUT2D eigenvalue weighted by Crippen LogP contribution is -3.14. The van der Waals surface area contributed by atoms with E-state index in [0.717, 1.165) is 35.5 Å². The molecule has 0 saturated carbocycles. The molecule has 1 aromatic carbocycles. The van der Waals surface area contributed by atoms with Crippen LogP contribution in [0.15, 0.2) is 24.3 Å². The van der Waals surface area contributed by atoms with Gasteiger partial charge in [0, 0.05) is 12.2 Å². The van der Waals surface area contributed by atoms with Crippen LogP contribution in [0.25, 0.3) is 0 Å². The number of rotatable bonds is 10. The summed E-state index contributed by atoms with van der Waals surface area (Å²) in [4.78, 5) is 25.3. The topological polar surface area (TPSA) is 62.6 Å². The minimum atomic E-state index is -0.0530. The van der Waals surface area contributed by atoms with Crippen molar-refractivity contribution >= 4 is 17.5 Å². The molecule has 1 aromatic rings. The van der Waals surface area contributed by atoms with Crippen LogP contribution in [0.2, 0.25) is 0 Å². The average Bonchev–Trinajstić information content (AvgIpc) is 2.49. The SMILES string of the molecule is CCC[NH+](CC(=O)NCCC(C)C)CC(=O)Nc1ccccc1C. The maximum absolute atomic E-state index is 12.3. The first-order valence-electron chi connectivity index (χ1n) is 8.88. The maximum Gasteiger partial charge on any atom is 0.279 e. The molecule has 0 saturated heterocycles. The highest BCUT2D eigenvalue weighted by Gasteiger charge is 2.17. The Kier molecular flexibility index (Phi) is 9.08. The third kappa shape index (κ3) is 8.11. The molecular formula is C19H32N3O2+. The number of quaternary nitrogens is 1. The summed E-state index contributed by atoms with van der Waals surface area (Å²) >= 11 is 0. The minimum absolute atomic E-state index is 0.0165. The number of hydrogen-bond donors (Lipinski definition) is 3. The zero-order chi connectivity index (χ0) is 17.9. The lowest BCUT2D eigenvalue weighted by Gasteiger charge is -2.18. The van der Waals surface area contributed by atoms with Crippen LogP contribution in [-0.4, -0.2) is 38.0 Å². The van der Waals surface area contributed by atoms with Crippen LogP contribution in [0, 0.1) is 12.8 Å². The number of benzene rings is 1. The summed E-state index contributed by atoms with van der Waals surface area (Å²) < 4.78 is 0. The Bertz CT molecular complexity index is 529. The third-order valence-electron chi connectivity index (χ3n) is 3.89. The van der Waals surface area contributed by atoms with Gasteiger partial charge in [-0.15, -0.1) is 0 Å².